The topological polar surface area (TPSA) is 49.3 Å². The Hall–Kier alpha value is -2.01. The third kappa shape index (κ3) is 3.51. The molecule has 2 aromatic carbocycles. The summed E-state index contributed by atoms with van der Waals surface area (Å²) in [5.74, 6) is -3.77. The van der Waals surface area contributed by atoms with E-state index in [0.717, 1.165) is 16.3 Å². The van der Waals surface area contributed by atoms with Crippen LogP contribution in [-0.4, -0.2) is 30.1 Å². The van der Waals surface area contributed by atoms with Crippen LogP contribution in [0.1, 0.15) is 5.56 Å². The first-order valence-corrected chi connectivity index (χ1v) is 6.24. The molecule has 3 nitrogen and oxygen atoms in total. The third-order valence-corrected chi connectivity index (χ3v) is 3.01. The molecule has 0 atom stereocenters. The van der Waals surface area contributed by atoms with E-state index in [2.05, 4.69) is 5.32 Å². The van der Waals surface area contributed by atoms with E-state index in [0.29, 0.717) is 0 Å². The Kier molecular flexibility index (Phi) is 4.29. The molecular formula is C15H15F2NO2. The van der Waals surface area contributed by atoms with Gasteiger partial charge in [-0.1, -0.05) is 42.5 Å². The van der Waals surface area contributed by atoms with Gasteiger partial charge in [-0.05, 0) is 16.3 Å². The average molecular weight is 279 g/mol. The van der Waals surface area contributed by atoms with Crippen molar-refractivity contribution in [2.24, 2.45) is 0 Å². The Labute approximate surface area is 115 Å². The second kappa shape index (κ2) is 5.96. The normalized spacial score (nSPS) is 11.6. The van der Waals surface area contributed by atoms with Crippen molar-refractivity contribution in [3.8, 4) is 0 Å². The number of benzene rings is 2. The van der Waals surface area contributed by atoms with Crippen molar-refractivity contribution in [1.29, 1.82) is 0 Å². The first kappa shape index (κ1) is 14.4. The highest BCUT2D eigenvalue weighted by molar-refractivity contribution is 5.90. The molecule has 106 valence electrons. The Balaban J connectivity index is 2.07. The van der Waals surface area contributed by atoms with Crippen molar-refractivity contribution < 1.29 is 18.7 Å². The van der Waals surface area contributed by atoms with Crippen molar-refractivity contribution in [1.82, 2.24) is 5.32 Å². The number of aliphatic hydroxyl groups excluding tert-OH is 1. The maximum absolute atomic E-state index is 12.8. The number of hydrogen-bond acceptors (Lipinski definition) is 2. The van der Waals surface area contributed by atoms with Crippen molar-refractivity contribution in [2.45, 2.75) is 12.3 Å². The van der Waals surface area contributed by atoms with Crippen LogP contribution in [0.15, 0.2) is 42.5 Å². The summed E-state index contributed by atoms with van der Waals surface area (Å²) in [6, 6.07) is 13.1. The molecule has 0 bridgehead atoms. The summed E-state index contributed by atoms with van der Waals surface area (Å²) in [6.45, 7) is -2.13. The minimum absolute atomic E-state index is 0.0306. The van der Waals surface area contributed by atoms with E-state index in [-0.39, 0.29) is 6.42 Å². The molecule has 0 aliphatic carbocycles. The SMILES string of the molecule is O=C(Cc1cccc2ccccc12)NCC(F)(F)CO. The fourth-order valence-electron chi connectivity index (χ4n) is 1.97. The van der Waals surface area contributed by atoms with E-state index in [4.69, 9.17) is 5.11 Å². The van der Waals surface area contributed by atoms with E-state index in [1.807, 2.05) is 36.4 Å². The first-order valence-electron chi connectivity index (χ1n) is 6.24. The van der Waals surface area contributed by atoms with Crippen LogP contribution >= 0.6 is 0 Å². The van der Waals surface area contributed by atoms with Gasteiger partial charge in [-0.15, -0.1) is 0 Å². The molecule has 0 radical (unpaired) electrons. The number of halogens is 2. The Morgan fingerprint density at radius 2 is 1.85 bits per heavy atom. The second-order valence-corrected chi connectivity index (χ2v) is 4.61. The molecule has 0 saturated carbocycles. The first-order chi connectivity index (χ1) is 9.52. The van der Waals surface area contributed by atoms with Gasteiger partial charge in [0, 0.05) is 0 Å². The zero-order valence-corrected chi connectivity index (χ0v) is 10.8. The van der Waals surface area contributed by atoms with Gasteiger partial charge in [-0.3, -0.25) is 4.79 Å². The fourth-order valence-corrected chi connectivity index (χ4v) is 1.97. The number of fused-ring (bicyclic) bond motifs is 1. The van der Waals surface area contributed by atoms with Gasteiger partial charge in [0.05, 0.1) is 13.0 Å². The van der Waals surface area contributed by atoms with Crippen LogP contribution in [0.2, 0.25) is 0 Å². The summed E-state index contributed by atoms with van der Waals surface area (Å²) in [7, 11) is 0. The molecular weight excluding hydrogens is 264 g/mol. The lowest BCUT2D eigenvalue weighted by Gasteiger charge is -2.14. The highest BCUT2D eigenvalue weighted by atomic mass is 19.3. The Morgan fingerprint density at radius 3 is 2.60 bits per heavy atom. The number of carbonyl (C=O) groups is 1. The van der Waals surface area contributed by atoms with Gasteiger partial charge in [-0.25, -0.2) is 8.78 Å². The van der Waals surface area contributed by atoms with Gasteiger partial charge in [0.1, 0.15) is 6.61 Å². The van der Waals surface area contributed by atoms with Crippen LogP contribution in [0.25, 0.3) is 10.8 Å². The van der Waals surface area contributed by atoms with Gasteiger partial charge in [-0.2, -0.15) is 0 Å². The molecule has 0 aromatic heterocycles. The zero-order valence-electron chi connectivity index (χ0n) is 10.8. The van der Waals surface area contributed by atoms with Gasteiger partial charge in [0.25, 0.3) is 5.92 Å². The van der Waals surface area contributed by atoms with Crippen molar-refractivity contribution in [3.63, 3.8) is 0 Å². The van der Waals surface area contributed by atoms with E-state index in [1.54, 1.807) is 6.07 Å². The second-order valence-electron chi connectivity index (χ2n) is 4.61. The van der Waals surface area contributed by atoms with Gasteiger partial charge >= 0.3 is 0 Å². The number of carbonyl (C=O) groups excluding carboxylic acids is 1. The Bertz CT molecular complexity index is 608. The van der Waals surface area contributed by atoms with Crippen molar-refractivity contribution in [3.05, 3.63) is 48.0 Å². The van der Waals surface area contributed by atoms with E-state index < -0.39 is 25.0 Å². The molecule has 0 heterocycles. The number of amides is 1. The molecule has 2 N–H and O–H groups in total. The van der Waals surface area contributed by atoms with Gasteiger partial charge in [0.2, 0.25) is 5.91 Å². The van der Waals surface area contributed by atoms with Crippen LogP contribution in [0, 0.1) is 0 Å². The largest absolute Gasteiger partial charge is 0.390 e. The number of nitrogens with one attached hydrogen (secondary N) is 1. The molecule has 0 spiro atoms. The highest BCUT2D eigenvalue weighted by Gasteiger charge is 2.28. The lowest BCUT2D eigenvalue weighted by Crippen LogP contribution is -2.39. The maximum atomic E-state index is 12.8. The lowest BCUT2D eigenvalue weighted by atomic mass is 10.0. The summed E-state index contributed by atoms with van der Waals surface area (Å²) in [5.41, 5.74) is 0.785. The van der Waals surface area contributed by atoms with Crippen molar-refractivity contribution >= 4 is 16.7 Å². The summed E-state index contributed by atoms with van der Waals surface area (Å²) < 4.78 is 25.7. The molecule has 0 aliphatic heterocycles. The van der Waals surface area contributed by atoms with Crippen LogP contribution in [-0.2, 0) is 11.2 Å². The Morgan fingerprint density at radius 1 is 1.15 bits per heavy atom. The number of rotatable bonds is 5. The van der Waals surface area contributed by atoms with Gasteiger partial charge < -0.3 is 10.4 Å². The minimum atomic E-state index is -3.28. The molecule has 0 fully saturated rings. The summed E-state index contributed by atoms with van der Waals surface area (Å²) in [6.07, 6.45) is 0.0306. The van der Waals surface area contributed by atoms with Gasteiger partial charge in [0.15, 0.2) is 0 Å². The predicted molar refractivity (Wildman–Crippen MR) is 72.7 cm³/mol. The summed E-state index contributed by atoms with van der Waals surface area (Å²) in [5, 5.41) is 12.5. The monoisotopic (exact) mass is 279 g/mol. The summed E-state index contributed by atoms with van der Waals surface area (Å²) >= 11 is 0. The number of alkyl halides is 2. The molecule has 2 rings (SSSR count). The predicted octanol–water partition coefficient (Wildman–Crippen LogP) is 2.13. The molecule has 0 aliphatic rings. The molecule has 20 heavy (non-hydrogen) atoms. The molecule has 1 amide bonds. The van der Waals surface area contributed by atoms with Crippen LogP contribution in [0.4, 0.5) is 8.78 Å². The number of hydrogen-bond donors (Lipinski definition) is 2. The molecule has 0 saturated heterocycles. The number of aliphatic hydroxyl groups is 1. The summed E-state index contributed by atoms with van der Waals surface area (Å²) in [4.78, 5) is 11.7. The third-order valence-electron chi connectivity index (χ3n) is 3.01. The van der Waals surface area contributed by atoms with Crippen LogP contribution in [0.3, 0.4) is 0 Å². The highest BCUT2D eigenvalue weighted by Crippen LogP contribution is 2.19. The standard InChI is InChI=1S/C15H15F2NO2/c16-15(17,10-19)9-18-14(20)8-12-6-3-5-11-4-1-2-7-13(11)12/h1-7,19H,8-10H2,(H,18,20). The minimum Gasteiger partial charge on any atom is -0.390 e. The smallest absolute Gasteiger partial charge is 0.287 e. The van der Waals surface area contributed by atoms with Crippen LogP contribution in [0.5, 0.6) is 0 Å². The van der Waals surface area contributed by atoms with E-state index in [9.17, 15) is 13.6 Å². The zero-order chi connectivity index (χ0) is 14.6. The quantitative estimate of drug-likeness (QED) is 0.881. The van der Waals surface area contributed by atoms with Crippen LogP contribution < -0.4 is 5.32 Å². The lowest BCUT2D eigenvalue weighted by molar-refractivity contribution is -0.123. The van der Waals surface area contributed by atoms with Crippen molar-refractivity contribution in [2.75, 3.05) is 13.2 Å². The van der Waals surface area contributed by atoms with E-state index >= 15 is 0 Å². The average Bonchev–Trinajstić information content (AvgIpc) is 2.46. The fraction of sp³-hybridized carbons (Fsp3) is 0.267. The molecule has 0 unspecified atom stereocenters. The molecule has 5 heteroatoms. The molecule has 2 aromatic rings. The maximum Gasteiger partial charge on any atom is 0.287 e. The van der Waals surface area contributed by atoms with E-state index in [1.165, 1.54) is 0 Å².